The lowest BCUT2D eigenvalue weighted by Crippen LogP contribution is -2.39. The van der Waals surface area contributed by atoms with Crippen molar-refractivity contribution in [2.24, 2.45) is 0 Å². The van der Waals surface area contributed by atoms with Crippen LogP contribution in [0.15, 0.2) is 41.4 Å². The lowest BCUT2D eigenvalue weighted by atomic mass is 10.2. The number of nitrogens with zero attached hydrogens (tertiary/aromatic N) is 1. The normalized spacial score (nSPS) is 17.6. The van der Waals surface area contributed by atoms with E-state index in [4.69, 9.17) is 0 Å². The number of rotatable bonds is 3. The molecule has 3 heteroatoms. The van der Waals surface area contributed by atoms with Crippen LogP contribution in [0.2, 0.25) is 0 Å². The van der Waals surface area contributed by atoms with Crippen molar-refractivity contribution in [2.75, 3.05) is 6.54 Å². The summed E-state index contributed by atoms with van der Waals surface area (Å²) in [7, 11) is -2.43. The van der Waals surface area contributed by atoms with Crippen LogP contribution in [0.5, 0.6) is 0 Å². The van der Waals surface area contributed by atoms with Crippen molar-refractivity contribution in [1.82, 2.24) is 4.90 Å². The van der Waals surface area contributed by atoms with Crippen LogP contribution in [0.25, 0.3) is 0 Å². The van der Waals surface area contributed by atoms with Gasteiger partial charge >= 0.3 is 0 Å². The molecule has 22 heavy (non-hydrogen) atoms. The van der Waals surface area contributed by atoms with E-state index in [2.05, 4.69) is 35.2 Å². The standard InChI is InChI=1S/C19H30FNS/c1-18(2,3)22(20,19(4,5)6)17-13-10-14-21(17)15-16-11-8-7-9-12-16/h7-9,11-13H,10,14-15H2,1-6H3. The highest BCUT2D eigenvalue weighted by molar-refractivity contribution is 8.34. The first kappa shape index (κ1) is 17.4. The van der Waals surface area contributed by atoms with Gasteiger partial charge in [0, 0.05) is 22.6 Å². The van der Waals surface area contributed by atoms with E-state index in [1.807, 2.05) is 47.6 Å². The topological polar surface area (TPSA) is 3.24 Å². The van der Waals surface area contributed by atoms with Crippen molar-refractivity contribution >= 4 is 10.4 Å². The molecule has 1 nitrogen and oxygen atoms in total. The Bertz CT molecular complexity index is 523. The van der Waals surface area contributed by atoms with Crippen molar-refractivity contribution in [3.05, 3.63) is 47.0 Å². The molecule has 0 aromatic heterocycles. The second kappa shape index (κ2) is 5.92. The monoisotopic (exact) mass is 323 g/mol. The second-order valence-corrected chi connectivity index (χ2v) is 11.9. The zero-order valence-electron chi connectivity index (χ0n) is 14.8. The Balaban J connectivity index is 2.36. The fourth-order valence-corrected chi connectivity index (χ4v) is 7.33. The molecule has 124 valence electrons. The van der Waals surface area contributed by atoms with Crippen molar-refractivity contribution < 1.29 is 3.89 Å². The molecule has 0 fully saturated rings. The van der Waals surface area contributed by atoms with Crippen molar-refractivity contribution in [1.29, 1.82) is 0 Å². The minimum atomic E-state index is -2.43. The van der Waals surface area contributed by atoms with Gasteiger partial charge in [0.1, 0.15) is 0 Å². The first-order valence-corrected chi connectivity index (χ1v) is 9.62. The zero-order chi connectivity index (χ0) is 16.6. The van der Waals surface area contributed by atoms with Crippen LogP contribution in [-0.2, 0) is 6.54 Å². The Morgan fingerprint density at radius 3 is 2.05 bits per heavy atom. The van der Waals surface area contributed by atoms with Gasteiger partial charge in [0.25, 0.3) is 0 Å². The minimum Gasteiger partial charge on any atom is -0.361 e. The third kappa shape index (κ3) is 3.05. The summed E-state index contributed by atoms with van der Waals surface area (Å²) in [6.45, 7) is 14.0. The van der Waals surface area contributed by atoms with Gasteiger partial charge in [-0.05, 0) is 63.9 Å². The SMILES string of the molecule is CC(C)(C)S(F)(C1=CCCN1Cc1ccccc1)C(C)(C)C. The van der Waals surface area contributed by atoms with E-state index in [9.17, 15) is 0 Å². The maximum atomic E-state index is 16.4. The third-order valence-corrected chi connectivity index (χ3v) is 8.60. The van der Waals surface area contributed by atoms with Crippen LogP contribution < -0.4 is 0 Å². The van der Waals surface area contributed by atoms with E-state index in [1.54, 1.807) is 0 Å². The van der Waals surface area contributed by atoms with E-state index in [1.165, 1.54) is 5.56 Å². The van der Waals surface area contributed by atoms with Gasteiger partial charge in [-0.15, -0.1) is 0 Å². The predicted molar refractivity (Wildman–Crippen MR) is 97.8 cm³/mol. The third-order valence-electron chi connectivity index (χ3n) is 4.22. The van der Waals surface area contributed by atoms with Gasteiger partial charge in [0.05, 0.1) is 5.03 Å². The average Bonchev–Trinajstić information content (AvgIpc) is 2.84. The molecule has 0 N–H and O–H groups in total. The van der Waals surface area contributed by atoms with E-state index >= 15 is 3.89 Å². The molecular weight excluding hydrogens is 293 g/mol. The lowest BCUT2D eigenvalue weighted by molar-refractivity contribution is 0.384. The summed E-state index contributed by atoms with van der Waals surface area (Å²) >= 11 is 0. The second-order valence-electron chi connectivity index (χ2n) is 8.00. The summed E-state index contributed by atoms with van der Waals surface area (Å²) in [5, 5.41) is 0.955. The summed E-state index contributed by atoms with van der Waals surface area (Å²) in [6, 6.07) is 10.4. The Morgan fingerprint density at radius 1 is 1.00 bits per heavy atom. The fraction of sp³-hybridized carbons (Fsp3) is 0.579. The Labute approximate surface area is 137 Å². The lowest BCUT2D eigenvalue weighted by Gasteiger charge is -2.54. The Morgan fingerprint density at radius 2 is 1.55 bits per heavy atom. The molecule has 1 aromatic carbocycles. The first-order chi connectivity index (χ1) is 10.1. The summed E-state index contributed by atoms with van der Waals surface area (Å²) in [4.78, 5) is 2.27. The molecule has 2 rings (SSSR count). The maximum Gasteiger partial charge on any atom is 0.0779 e. The Kier molecular flexibility index (Phi) is 4.68. The van der Waals surface area contributed by atoms with Gasteiger partial charge in [-0.2, -0.15) is 3.89 Å². The van der Waals surface area contributed by atoms with Crippen LogP contribution in [0.4, 0.5) is 3.89 Å². The van der Waals surface area contributed by atoms with Crippen LogP contribution in [0, 0.1) is 0 Å². The minimum absolute atomic E-state index is 0.365. The zero-order valence-corrected chi connectivity index (χ0v) is 15.6. The highest BCUT2D eigenvalue weighted by atomic mass is 32.3. The Hall–Kier alpha value is -0.960. The average molecular weight is 324 g/mol. The van der Waals surface area contributed by atoms with Crippen molar-refractivity contribution in [3.63, 3.8) is 0 Å². The van der Waals surface area contributed by atoms with Gasteiger partial charge in [-0.3, -0.25) is 0 Å². The van der Waals surface area contributed by atoms with Gasteiger partial charge in [-0.1, -0.05) is 36.4 Å². The maximum absolute atomic E-state index is 16.4. The predicted octanol–water partition coefficient (Wildman–Crippen LogP) is 6.02. The van der Waals surface area contributed by atoms with Crippen LogP contribution in [0.3, 0.4) is 0 Å². The molecule has 0 spiro atoms. The number of hydrogen-bond acceptors (Lipinski definition) is 1. The summed E-state index contributed by atoms with van der Waals surface area (Å²) in [6.07, 6.45) is 3.10. The van der Waals surface area contributed by atoms with Crippen molar-refractivity contribution in [3.8, 4) is 0 Å². The molecule has 0 aliphatic carbocycles. The highest BCUT2D eigenvalue weighted by Gasteiger charge is 2.51. The van der Waals surface area contributed by atoms with Gasteiger partial charge in [0.2, 0.25) is 0 Å². The van der Waals surface area contributed by atoms with Gasteiger partial charge < -0.3 is 4.90 Å². The number of benzene rings is 1. The summed E-state index contributed by atoms with van der Waals surface area (Å²) in [5.74, 6) is 0. The largest absolute Gasteiger partial charge is 0.361 e. The molecular formula is C19H30FNS. The molecule has 1 aromatic rings. The van der Waals surface area contributed by atoms with Crippen LogP contribution >= 0.6 is 10.4 Å². The summed E-state index contributed by atoms with van der Waals surface area (Å²) in [5.41, 5.74) is 1.25. The van der Waals surface area contributed by atoms with E-state index in [0.717, 1.165) is 24.5 Å². The van der Waals surface area contributed by atoms with Gasteiger partial charge in [0.15, 0.2) is 0 Å². The molecule has 1 heterocycles. The first-order valence-electron chi connectivity index (χ1n) is 8.08. The molecule has 1 aliphatic rings. The number of halogens is 1. The van der Waals surface area contributed by atoms with E-state index in [-0.39, 0.29) is 9.49 Å². The van der Waals surface area contributed by atoms with E-state index in [0.29, 0.717) is 0 Å². The van der Waals surface area contributed by atoms with Crippen molar-refractivity contribution in [2.45, 2.75) is 64.0 Å². The molecule has 1 aliphatic heterocycles. The molecule has 0 bridgehead atoms. The summed E-state index contributed by atoms with van der Waals surface area (Å²) < 4.78 is 15.7. The van der Waals surface area contributed by atoms with Crippen LogP contribution in [-0.4, -0.2) is 20.9 Å². The quantitative estimate of drug-likeness (QED) is 0.657. The molecule has 0 amide bonds. The molecule has 0 saturated carbocycles. The fourth-order valence-electron chi connectivity index (χ4n) is 3.38. The van der Waals surface area contributed by atoms with E-state index < -0.39 is 10.4 Å². The smallest absolute Gasteiger partial charge is 0.0779 e. The molecule has 0 radical (unpaired) electrons. The molecule has 0 saturated heterocycles. The van der Waals surface area contributed by atoms with Crippen LogP contribution in [0.1, 0.15) is 53.5 Å². The van der Waals surface area contributed by atoms with Gasteiger partial charge in [-0.25, -0.2) is 0 Å². The number of hydrogen-bond donors (Lipinski definition) is 0. The highest BCUT2D eigenvalue weighted by Crippen LogP contribution is 2.75. The molecule has 0 unspecified atom stereocenters. The molecule has 0 atom stereocenters.